The van der Waals surface area contributed by atoms with Gasteiger partial charge in [0, 0.05) is 20.2 Å². The highest BCUT2D eigenvalue weighted by molar-refractivity contribution is 5.25. The van der Waals surface area contributed by atoms with Crippen LogP contribution in [0.1, 0.15) is 12.0 Å². The van der Waals surface area contributed by atoms with Crippen LogP contribution in [0.4, 0.5) is 0 Å². The van der Waals surface area contributed by atoms with Crippen molar-refractivity contribution in [2.24, 2.45) is 0 Å². The molecular weight excluding hydrogens is 202 g/mol. The number of piperidine rings is 1. The maximum atomic E-state index is 10.3. The number of rotatable bonds is 2. The number of likely N-dealkylation sites (tertiary alicyclic amines) is 1. The van der Waals surface area contributed by atoms with Gasteiger partial charge in [-0.25, -0.2) is 0 Å². The van der Waals surface area contributed by atoms with Crippen LogP contribution >= 0.6 is 0 Å². The van der Waals surface area contributed by atoms with E-state index in [2.05, 4.69) is 4.90 Å². The number of nitrogens with zero attached hydrogens (tertiary/aromatic N) is 1. The lowest BCUT2D eigenvalue weighted by Crippen LogP contribution is -2.53. The second-order valence-corrected chi connectivity index (χ2v) is 4.49. The molecule has 0 aromatic heterocycles. The van der Waals surface area contributed by atoms with Crippen molar-refractivity contribution in [2.75, 3.05) is 27.2 Å². The van der Waals surface area contributed by atoms with Crippen molar-refractivity contribution in [1.82, 2.24) is 4.90 Å². The number of methoxy groups -OCH3 is 1. The first-order valence-electron chi connectivity index (χ1n) is 5.66. The first-order chi connectivity index (χ1) is 7.69. The molecule has 1 saturated heterocycles. The molecule has 1 aliphatic heterocycles. The summed E-state index contributed by atoms with van der Waals surface area (Å²) in [7, 11) is 3.70. The smallest absolute Gasteiger partial charge is 0.121 e. The highest BCUT2D eigenvalue weighted by atomic mass is 16.5. The van der Waals surface area contributed by atoms with E-state index in [4.69, 9.17) is 4.74 Å². The molecule has 3 heteroatoms. The maximum absolute atomic E-state index is 10.3. The molecule has 3 nitrogen and oxygen atoms in total. The Balaban J connectivity index is 2.32. The molecule has 0 saturated carbocycles. The third-order valence-corrected chi connectivity index (χ3v) is 3.51. The van der Waals surface area contributed by atoms with Gasteiger partial charge in [0.05, 0.1) is 6.10 Å². The third-order valence-electron chi connectivity index (χ3n) is 3.51. The molecular formula is C13H19NO2. The van der Waals surface area contributed by atoms with Gasteiger partial charge in [0.1, 0.15) is 5.60 Å². The monoisotopic (exact) mass is 221 g/mol. The summed E-state index contributed by atoms with van der Waals surface area (Å²) in [5.41, 5.74) is 0.534. The second-order valence-electron chi connectivity index (χ2n) is 4.49. The fraction of sp³-hybridized carbons (Fsp3) is 0.538. The molecule has 16 heavy (non-hydrogen) atoms. The fourth-order valence-corrected chi connectivity index (χ4v) is 2.47. The summed E-state index contributed by atoms with van der Waals surface area (Å²) in [6.45, 7) is 1.60. The van der Waals surface area contributed by atoms with E-state index in [0.29, 0.717) is 6.54 Å². The molecule has 2 atom stereocenters. The molecule has 0 amide bonds. The summed E-state index contributed by atoms with van der Waals surface area (Å²) in [6, 6.07) is 10.0. The van der Waals surface area contributed by atoms with Gasteiger partial charge in [0.15, 0.2) is 0 Å². The van der Waals surface area contributed by atoms with E-state index in [1.54, 1.807) is 7.11 Å². The lowest BCUT2D eigenvalue weighted by Gasteiger charge is -2.43. The molecule has 0 unspecified atom stereocenters. The van der Waals surface area contributed by atoms with Gasteiger partial charge in [-0.1, -0.05) is 30.3 Å². The summed E-state index contributed by atoms with van der Waals surface area (Å²) in [5.74, 6) is 0. The summed E-state index contributed by atoms with van der Waals surface area (Å²) in [5, 5.41) is 10.3. The minimum Gasteiger partial charge on any atom is -0.388 e. The zero-order chi connectivity index (χ0) is 11.6. The molecule has 0 spiro atoms. The molecule has 88 valence electrons. The topological polar surface area (TPSA) is 32.7 Å². The molecule has 1 aromatic carbocycles. The SMILES string of the molecule is CO[C@]1(c2ccccc2)CCN(C)C[C@@H]1O. The van der Waals surface area contributed by atoms with Gasteiger partial charge in [-0.15, -0.1) is 0 Å². The number of β-amino-alcohol motifs (C(OH)–C–C–N with tert-alkyl or cyclic N) is 1. The van der Waals surface area contributed by atoms with Gasteiger partial charge in [-0.2, -0.15) is 0 Å². The average Bonchev–Trinajstić information content (AvgIpc) is 2.31. The summed E-state index contributed by atoms with van der Waals surface area (Å²) < 4.78 is 5.65. The van der Waals surface area contributed by atoms with Gasteiger partial charge in [-0.3, -0.25) is 0 Å². The van der Waals surface area contributed by atoms with Gasteiger partial charge in [0.25, 0.3) is 0 Å². The molecule has 1 heterocycles. The normalized spacial score (nSPS) is 31.6. The predicted octanol–water partition coefficient (Wildman–Crippen LogP) is 1.22. The van der Waals surface area contributed by atoms with Gasteiger partial charge >= 0.3 is 0 Å². The third kappa shape index (κ3) is 1.86. The van der Waals surface area contributed by atoms with Crippen molar-refractivity contribution in [2.45, 2.75) is 18.1 Å². The number of aliphatic hydroxyl groups excluding tert-OH is 1. The molecule has 1 fully saturated rings. The zero-order valence-electron chi connectivity index (χ0n) is 9.89. The van der Waals surface area contributed by atoms with Crippen molar-refractivity contribution < 1.29 is 9.84 Å². The predicted molar refractivity (Wildman–Crippen MR) is 63.2 cm³/mol. The number of ether oxygens (including phenoxy) is 1. The quantitative estimate of drug-likeness (QED) is 0.815. The zero-order valence-corrected chi connectivity index (χ0v) is 9.89. The highest BCUT2D eigenvalue weighted by Gasteiger charge is 2.43. The lowest BCUT2D eigenvalue weighted by atomic mass is 9.82. The summed E-state index contributed by atoms with van der Waals surface area (Å²) >= 11 is 0. The first-order valence-corrected chi connectivity index (χ1v) is 5.66. The van der Waals surface area contributed by atoms with Crippen molar-refractivity contribution in [1.29, 1.82) is 0 Å². The number of aliphatic hydroxyl groups is 1. The van der Waals surface area contributed by atoms with E-state index in [1.165, 1.54) is 0 Å². The van der Waals surface area contributed by atoms with Crippen LogP contribution in [-0.2, 0) is 10.3 Å². The lowest BCUT2D eigenvalue weighted by molar-refractivity contribution is -0.143. The van der Waals surface area contributed by atoms with Crippen LogP contribution in [-0.4, -0.2) is 43.4 Å². The fourth-order valence-electron chi connectivity index (χ4n) is 2.47. The van der Waals surface area contributed by atoms with Crippen molar-refractivity contribution >= 4 is 0 Å². The van der Waals surface area contributed by atoms with E-state index >= 15 is 0 Å². The molecule has 1 N–H and O–H groups in total. The van der Waals surface area contributed by atoms with E-state index < -0.39 is 11.7 Å². The Morgan fingerprint density at radius 3 is 2.62 bits per heavy atom. The van der Waals surface area contributed by atoms with E-state index in [9.17, 15) is 5.11 Å². The van der Waals surface area contributed by atoms with Crippen LogP contribution in [0.15, 0.2) is 30.3 Å². The largest absolute Gasteiger partial charge is 0.388 e. The molecule has 2 rings (SSSR count). The van der Waals surface area contributed by atoms with Gasteiger partial charge in [-0.05, 0) is 19.0 Å². The van der Waals surface area contributed by atoms with Crippen LogP contribution in [0.2, 0.25) is 0 Å². The van der Waals surface area contributed by atoms with E-state index in [-0.39, 0.29) is 0 Å². The van der Waals surface area contributed by atoms with Crippen LogP contribution in [0, 0.1) is 0 Å². The summed E-state index contributed by atoms with van der Waals surface area (Å²) in [4.78, 5) is 2.13. The Kier molecular flexibility index (Phi) is 3.28. The Labute approximate surface area is 96.6 Å². The standard InChI is InChI=1S/C13H19NO2/c1-14-9-8-13(16-2,12(15)10-14)11-6-4-3-5-7-11/h3-7,12,15H,8-10H2,1-2H3/t12-,13-/m0/s1. The minimum atomic E-state index is -0.534. The van der Waals surface area contributed by atoms with Crippen LogP contribution < -0.4 is 0 Å². The Morgan fingerprint density at radius 1 is 1.38 bits per heavy atom. The van der Waals surface area contributed by atoms with Crippen molar-refractivity contribution in [3.05, 3.63) is 35.9 Å². The number of hydrogen-bond donors (Lipinski definition) is 1. The van der Waals surface area contributed by atoms with Crippen molar-refractivity contribution in [3.8, 4) is 0 Å². The van der Waals surface area contributed by atoms with Crippen LogP contribution in [0.5, 0.6) is 0 Å². The number of benzene rings is 1. The Bertz CT molecular complexity index is 341. The second kappa shape index (κ2) is 4.53. The molecule has 1 aliphatic rings. The van der Waals surface area contributed by atoms with Crippen molar-refractivity contribution in [3.63, 3.8) is 0 Å². The molecule has 0 aliphatic carbocycles. The van der Waals surface area contributed by atoms with E-state index in [0.717, 1.165) is 18.5 Å². The van der Waals surface area contributed by atoms with E-state index in [1.807, 2.05) is 37.4 Å². The van der Waals surface area contributed by atoms with Crippen LogP contribution in [0.25, 0.3) is 0 Å². The average molecular weight is 221 g/mol. The molecule has 1 aromatic rings. The number of likely N-dealkylation sites (N-methyl/N-ethyl adjacent to an activating group) is 1. The first kappa shape index (κ1) is 11.6. The van der Waals surface area contributed by atoms with Gasteiger partial charge in [0.2, 0.25) is 0 Å². The van der Waals surface area contributed by atoms with Crippen LogP contribution in [0.3, 0.4) is 0 Å². The van der Waals surface area contributed by atoms with Gasteiger partial charge < -0.3 is 14.7 Å². The highest BCUT2D eigenvalue weighted by Crippen LogP contribution is 2.35. The minimum absolute atomic E-state index is 0.473. The maximum Gasteiger partial charge on any atom is 0.121 e. The molecule has 0 radical (unpaired) electrons. The Hall–Kier alpha value is -0.900. The Morgan fingerprint density at radius 2 is 2.06 bits per heavy atom. The summed E-state index contributed by atoms with van der Waals surface area (Å²) in [6.07, 6.45) is 0.351. The number of hydrogen-bond acceptors (Lipinski definition) is 3. The molecule has 0 bridgehead atoms.